The van der Waals surface area contributed by atoms with Crippen molar-refractivity contribution in [2.24, 2.45) is 0 Å². The molecule has 0 aromatic carbocycles. The first kappa shape index (κ1) is 10.9. The highest BCUT2D eigenvalue weighted by Crippen LogP contribution is 1.94. The zero-order valence-electron chi connectivity index (χ0n) is 7.70. The molecule has 1 amide bonds. The normalized spacial score (nSPS) is 12.4. The molecule has 1 aromatic heterocycles. The fraction of sp³-hybridized carbons (Fsp3) is 0.571. The van der Waals surface area contributed by atoms with Crippen molar-refractivity contribution in [3.8, 4) is 0 Å². The minimum atomic E-state index is -0.659. The van der Waals surface area contributed by atoms with Crippen LogP contribution in [-0.2, 0) is 11.2 Å². The van der Waals surface area contributed by atoms with Gasteiger partial charge in [0.15, 0.2) is 0 Å². The number of aliphatic hydroxyl groups is 1. The van der Waals surface area contributed by atoms with Gasteiger partial charge in [-0.3, -0.25) is 15.0 Å². The maximum Gasteiger partial charge on any atom is 0.216 e. The molecular weight excluding hydrogens is 204 g/mol. The van der Waals surface area contributed by atoms with E-state index in [1.54, 1.807) is 0 Å². The van der Waals surface area contributed by atoms with E-state index in [1.807, 2.05) is 0 Å². The fourth-order valence-corrected chi connectivity index (χ4v) is 1.12. The predicted molar refractivity (Wildman–Crippen MR) is 52.2 cm³/mol. The van der Waals surface area contributed by atoms with Gasteiger partial charge >= 0.3 is 0 Å². The van der Waals surface area contributed by atoms with Crippen molar-refractivity contribution >= 4 is 18.1 Å². The number of aromatic amines is 2. The zero-order chi connectivity index (χ0) is 10.6. The first-order chi connectivity index (χ1) is 6.58. The van der Waals surface area contributed by atoms with E-state index in [1.165, 1.54) is 6.92 Å². The van der Waals surface area contributed by atoms with Gasteiger partial charge in [-0.05, 0) is 12.2 Å². The molecule has 7 heteroatoms. The van der Waals surface area contributed by atoms with Gasteiger partial charge in [0.1, 0.15) is 5.82 Å². The summed E-state index contributed by atoms with van der Waals surface area (Å²) in [5.74, 6) is 0.409. The first-order valence-corrected chi connectivity index (χ1v) is 4.55. The van der Waals surface area contributed by atoms with Crippen molar-refractivity contribution in [2.45, 2.75) is 19.4 Å². The Bertz CT molecular complexity index is 359. The van der Waals surface area contributed by atoms with Gasteiger partial charge in [0.25, 0.3) is 0 Å². The Balaban J connectivity index is 2.37. The Morgan fingerprint density at radius 2 is 2.43 bits per heavy atom. The van der Waals surface area contributed by atoms with E-state index in [0.29, 0.717) is 17.0 Å². The first-order valence-electron chi connectivity index (χ1n) is 4.14. The third-order valence-corrected chi connectivity index (χ3v) is 1.76. The van der Waals surface area contributed by atoms with Crippen LogP contribution in [0.5, 0.6) is 0 Å². The quantitative estimate of drug-likeness (QED) is 0.511. The Labute approximate surface area is 85.7 Å². The molecule has 0 saturated heterocycles. The molecule has 0 aliphatic heterocycles. The number of amides is 1. The number of aromatic nitrogens is 3. The summed E-state index contributed by atoms with van der Waals surface area (Å²) in [6.07, 6.45) is -0.333. The van der Waals surface area contributed by atoms with Gasteiger partial charge in [-0.15, -0.1) is 0 Å². The highest BCUT2D eigenvalue weighted by Gasteiger charge is 2.07. The van der Waals surface area contributed by atoms with Crippen molar-refractivity contribution in [1.82, 2.24) is 20.5 Å². The van der Waals surface area contributed by atoms with Crippen LogP contribution in [-0.4, -0.2) is 38.8 Å². The van der Waals surface area contributed by atoms with Crippen molar-refractivity contribution in [3.63, 3.8) is 0 Å². The number of nitrogens with one attached hydrogen (secondary N) is 3. The molecule has 14 heavy (non-hydrogen) atoms. The second kappa shape index (κ2) is 4.87. The third kappa shape index (κ3) is 3.67. The molecule has 0 aliphatic rings. The second-order valence-corrected chi connectivity index (χ2v) is 3.30. The molecule has 1 rings (SSSR count). The molecule has 1 atom stereocenters. The molecule has 0 saturated carbocycles. The van der Waals surface area contributed by atoms with Crippen LogP contribution in [0.3, 0.4) is 0 Å². The average Bonchev–Trinajstić information content (AvgIpc) is 2.48. The highest BCUT2D eigenvalue weighted by molar-refractivity contribution is 7.71. The van der Waals surface area contributed by atoms with Gasteiger partial charge < -0.3 is 10.4 Å². The molecule has 0 radical (unpaired) electrons. The van der Waals surface area contributed by atoms with E-state index in [9.17, 15) is 9.90 Å². The number of rotatable bonds is 4. The smallest absolute Gasteiger partial charge is 0.216 e. The van der Waals surface area contributed by atoms with Crippen molar-refractivity contribution in [2.75, 3.05) is 6.54 Å². The van der Waals surface area contributed by atoms with Crippen LogP contribution >= 0.6 is 12.2 Å². The number of hydrogen-bond donors (Lipinski definition) is 4. The van der Waals surface area contributed by atoms with Gasteiger partial charge in [0.2, 0.25) is 10.7 Å². The number of nitrogens with zero attached hydrogens (tertiary/aromatic N) is 1. The Kier molecular flexibility index (Phi) is 3.78. The van der Waals surface area contributed by atoms with E-state index >= 15 is 0 Å². The predicted octanol–water partition coefficient (Wildman–Crippen LogP) is -0.493. The summed E-state index contributed by atoms with van der Waals surface area (Å²) < 4.78 is 0.353. The highest BCUT2D eigenvalue weighted by atomic mass is 32.1. The van der Waals surface area contributed by atoms with E-state index in [4.69, 9.17) is 12.2 Å². The SMILES string of the molecule is CC(=O)NCC(O)Cc1nc(=S)[nH][nH]1. The summed E-state index contributed by atoms with van der Waals surface area (Å²) in [6.45, 7) is 1.61. The van der Waals surface area contributed by atoms with Crippen molar-refractivity contribution in [1.29, 1.82) is 0 Å². The van der Waals surface area contributed by atoms with Gasteiger partial charge in [0, 0.05) is 19.9 Å². The van der Waals surface area contributed by atoms with E-state index in [-0.39, 0.29) is 12.5 Å². The van der Waals surface area contributed by atoms with Crippen LogP contribution in [0.4, 0.5) is 0 Å². The Morgan fingerprint density at radius 3 is 2.93 bits per heavy atom. The monoisotopic (exact) mass is 216 g/mol. The summed E-state index contributed by atoms with van der Waals surface area (Å²) in [4.78, 5) is 14.4. The van der Waals surface area contributed by atoms with Crippen LogP contribution in [0.2, 0.25) is 0 Å². The van der Waals surface area contributed by atoms with E-state index < -0.39 is 6.10 Å². The molecule has 0 aliphatic carbocycles. The number of H-pyrrole nitrogens is 2. The molecule has 1 aromatic rings. The van der Waals surface area contributed by atoms with Crippen LogP contribution in [0.1, 0.15) is 12.7 Å². The van der Waals surface area contributed by atoms with Crippen LogP contribution in [0.25, 0.3) is 0 Å². The lowest BCUT2D eigenvalue weighted by Crippen LogP contribution is -2.31. The second-order valence-electron chi connectivity index (χ2n) is 2.91. The molecule has 0 spiro atoms. The number of carbonyl (C=O) groups excluding carboxylic acids is 1. The lowest BCUT2D eigenvalue weighted by atomic mass is 10.2. The van der Waals surface area contributed by atoms with Crippen molar-refractivity contribution in [3.05, 3.63) is 10.6 Å². The number of carbonyl (C=O) groups is 1. The largest absolute Gasteiger partial charge is 0.391 e. The third-order valence-electron chi connectivity index (χ3n) is 1.57. The average molecular weight is 216 g/mol. The molecule has 78 valence electrons. The van der Waals surface area contributed by atoms with E-state index in [0.717, 1.165) is 0 Å². The Hall–Kier alpha value is -1.21. The standard InChI is InChI=1S/C7H12N4O2S/c1-4(12)8-3-5(13)2-6-9-7(14)11-10-6/h5,13H,2-3H2,1H3,(H,8,12)(H2,9,10,11,14). The molecule has 4 N–H and O–H groups in total. The van der Waals surface area contributed by atoms with E-state index in [2.05, 4.69) is 20.5 Å². The van der Waals surface area contributed by atoms with Crippen molar-refractivity contribution < 1.29 is 9.90 Å². The Morgan fingerprint density at radius 1 is 1.71 bits per heavy atom. The summed E-state index contributed by atoms with van der Waals surface area (Å²) >= 11 is 4.74. The lowest BCUT2D eigenvalue weighted by Gasteiger charge is -2.08. The van der Waals surface area contributed by atoms with Gasteiger partial charge in [-0.1, -0.05) is 0 Å². The maximum absolute atomic E-state index is 10.5. The zero-order valence-corrected chi connectivity index (χ0v) is 8.52. The molecule has 0 bridgehead atoms. The maximum atomic E-state index is 10.5. The van der Waals surface area contributed by atoms with Gasteiger partial charge in [-0.2, -0.15) is 0 Å². The minimum Gasteiger partial charge on any atom is -0.391 e. The molecule has 1 heterocycles. The van der Waals surface area contributed by atoms with Crippen LogP contribution in [0.15, 0.2) is 0 Å². The topological polar surface area (TPSA) is 93.8 Å². The molecule has 6 nitrogen and oxygen atoms in total. The van der Waals surface area contributed by atoms with Crippen LogP contribution in [0, 0.1) is 4.77 Å². The van der Waals surface area contributed by atoms with Gasteiger partial charge in [0.05, 0.1) is 6.10 Å². The summed E-state index contributed by atoms with van der Waals surface area (Å²) in [7, 11) is 0. The fourth-order valence-electron chi connectivity index (χ4n) is 0.958. The van der Waals surface area contributed by atoms with Crippen LogP contribution < -0.4 is 5.32 Å². The lowest BCUT2D eigenvalue weighted by molar-refractivity contribution is -0.119. The summed E-state index contributed by atoms with van der Waals surface area (Å²) in [6, 6.07) is 0. The minimum absolute atomic E-state index is 0.168. The summed E-state index contributed by atoms with van der Waals surface area (Å²) in [5.41, 5.74) is 0. The number of hydrogen-bond acceptors (Lipinski definition) is 4. The molecule has 1 unspecified atom stereocenters. The summed E-state index contributed by atoms with van der Waals surface area (Å²) in [5, 5.41) is 17.3. The van der Waals surface area contributed by atoms with Gasteiger partial charge in [-0.25, -0.2) is 4.98 Å². The molecule has 0 fully saturated rings. The number of aliphatic hydroxyl groups excluding tert-OH is 1. The molecular formula is C7H12N4O2S.